The molecule has 94 valence electrons. The summed E-state index contributed by atoms with van der Waals surface area (Å²) in [6, 6.07) is 10.0. The quantitative estimate of drug-likeness (QED) is 0.705. The molecule has 1 rings (SSSR count). The molecular weight excluding hydrogens is 212 g/mol. The van der Waals surface area contributed by atoms with Crippen LogP contribution < -0.4 is 0 Å². The molecule has 0 fully saturated rings. The first-order valence-electron chi connectivity index (χ1n) is 6.30. The average Bonchev–Trinajstić information content (AvgIpc) is 2.29. The van der Waals surface area contributed by atoms with Gasteiger partial charge in [-0.25, -0.2) is 0 Å². The number of rotatable bonds is 6. The molecule has 1 unspecified atom stereocenters. The maximum atomic E-state index is 11.7. The van der Waals surface area contributed by atoms with Crippen molar-refractivity contribution >= 4 is 5.97 Å². The van der Waals surface area contributed by atoms with E-state index in [1.54, 1.807) is 0 Å². The van der Waals surface area contributed by atoms with E-state index in [1.807, 2.05) is 37.3 Å². The van der Waals surface area contributed by atoms with Crippen molar-refractivity contribution in [3.63, 3.8) is 0 Å². The Morgan fingerprint density at radius 3 is 2.41 bits per heavy atom. The van der Waals surface area contributed by atoms with Crippen LogP contribution in [0.1, 0.15) is 32.8 Å². The van der Waals surface area contributed by atoms with Gasteiger partial charge < -0.3 is 4.74 Å². The molecule has 0 saturated heterocycles. The van der Waals surface area contributed by atoms with E-state index in [-0.39, 0.29) is 11.9 Å². The van der Waals surface area contributed by atoms with E-state index in [2.05, 4.69) is 13.8 Å². The van der Waals surface area contributed by atoms with Crippen LogP contribution in [0.15, 0.2) is 30.3 Å². The van der Waals surface area contributed by atoms with Crippen molar-refractivity contribution in [2.45, 2.75) is 33.6 Å². The topological polar surface area (TPSA) is 26.3 Å². The van der Waals surface area contributed by atoms with E-state index in [4.69, 9.17) is 4.74 Å². The van der Waals surface area contributed by atoms with Gasteiger partial charge in [0.15, 0.2) is 0 Å². The van der Waals surface area contributed by atoms with Gasteiger partial charge in [-0.05, 0) is 24.3 Å². The molecule has 0 aliphatic heterocycles. The number of carbonyl (C=O) groups excluding carboxylic acids is 1. The van der Waals surface area contributed by atoms with Crippen LogP contribution >= 0.6 is 0 Å². The third-order valence-electron chi connectivity index (χ3n) is 2.73. The highest BCUT2D eigenvalue weighted by atomic mass is 16.5. The SMILES string of the molecule is CC(C)CCOC(=O)C(C)Cc1ccccc1. The van der Waals surface area contributed by atoms with Crippen LogP contribution in [0.25, 0.3) is 0 Å². The Labute approximate surface area is 104 Å². The summed E-state index contributed by atoms with van der Waals surface area (Å²) >= 11 is 0. The summed E-state index contributed by atoms with van der Waals surface area (Å²) in [6.07, 6.45) is 1.69. The Kier molecular flexibility index (Phi) is 5.75. The van der Waals surface area contributed by atoms with Crippen molar-refractivity contribution in [1.29, 1.82) is 0 Å². The van der Waals surface area contributed by atoms with Gasteiger partial charge in [0.05, 0.1) is 12.5 Å². The minimum Gasteiger partial charge on any atom is -0.465 e. The molecule has 1 aromatic rings. The lowest BCUT2D eigenvalue weighted by atomic mass is 10.0. The van der Waals surface area contributed by atoms with Crippen LogP contribution in [-0.2, 0) is 16.0 Å². The van der Waals surface area contributed by atoms with Crippen molar-refractivity contribution in [3.8, 4) is 0 Å². The number of hydrogen-bond acceptors (Lipinski definition) is 2. The monoisotopic (exact) mass is 234 g/mol. The Morgan fingerprint density at radius 1 is 1.18 bits per heavy atom. The average molecular weight is 234 g/mol. The molecule has 0 radical (unpaired) electrons. The summed E-state index contributed by atoms with van der Waals surface area (Å²) in [6.45, 7) is 6.71. The van der Waals surface area contributed by atoms with E-state index >= 15 is 0 Å². The summed E-state index contributed by atoms with van der Waals surface area (Å²) in [5, 5.41) is 0. The van der Waals surface area contributed by atoms with Crippen LogP contribution in [0.3, 0.4) is 0 Å². The third kappa shape index (κ3) is 5.53. The smallest absolute Gasteiger partial charge is 0.308 e. The minimum absolute atomic E-state index is 0.0652. The lowest BCUT2D eigenvalue weighted by molar-refractivity contribution is -0.148. The zero-order valence-corrected chi connectivity index (χ0v) is 11.0. The number of carbonyl (C=O) groups is 1. The molecule has 2 heteroatoms. The molecule has 0 spiro atoms. The van der Waals surface area contributed by atoms with Crippen molar-refractivity contribution in [3.05, 3.63) is 35.9 Å². The van der Waals surface area contributed by atoms with E-state index in [9.17, 15) is 4.79 Å². The predicted molar refractivity (Wildman–Crippen MR) is 69.7 cm³/mol. The molecule has 17 heavy (non-hydrogen) atoms. The Balaban J connectivity index is 2.32. The van der Waals surface area contributed by atoms with E-state index < -0.39 is 0 Å². The van der Waals surface area contributed by atoms with Crippen LogP contribution in [0.4, 0.5) is 0 Å². The van der Waals surface area contributed by atoms with Crippen molar-refractivity contribution in [2.75, 3.05) is 6.61 Å². The fourth-order valence-electron chi connectivity index (χ4n) is 1.59. The lowest BCUT2D eigenvalue weighted by Crippen LogP contribution is -2.18. The van der Waals surface area contributed by atoms with Crippen LogP contribution in [0.5, 0.6) is 0 Å². The normalized spacial score (nSPS) is 12.5. The lowest BCUT2D eigenvalue weighted by Gasteiger charge is -2.12. The molecule has 1 aromatic carbocycles. The van der Waals surface area contributed by atoms with Gasteiger partial charge in [-0.2, -0.15) is 0 Å². The van der Waals surface area contributed by atoms with Crippen molar-refractivity contribution in [2.24, 2.45) is 11.8 Å². The molecule has 0 heterocycles. The van der Waals surface area contributed by atoms with Gasteiger partial charge in [-0.3, -0.25) is 4.79 Å². The zero-order valence-electron chi connectivity index (χ0n) is 11.0. The number of benzene rings is 1. The summed E-state index contributed by atoms with van der Waals surface area (Å²) < 4.78 is 5.25. The maximum Gasteiger partial charge on any atom is 0.308 e. The second-order valence-electron chi connectivity index (χ2n) is 4.94. The van der Waals surface area contributed by atoms with E-state index in [0.29, 0.717) is 12.5 Å². The molecule has 0 amide bonds. The highest BCUT2D eigenvalue weighted by Gasteiger charge is 2.14. The Hall–Kier alpha value is -1.31. The van der Waals surface area contributed by atoms with Crippen molar-refractivity contribution in [1.82, 2.24) is 0 Å². The fourth-order valence-corrected chi connectivity index (χ4v) is 1.59. The molecule has 1 atom stereocenters. The molecular formula is C15H22O2. The summed E-state index contributed by atoms with van der Waals surface area (Å²) in [7, 11) is 0. The van der Waals surface area contributed by atoms with Crippen LogP contribution in [0.2, 0.25) is 0 Å². The maximum absolute atomic E-state index is 11.7. The molecule has 0 aliphatic rings. The molecule has 2 nitrogen and oxygen atoms in total. The largest absolute Gasteiger partial charge is 0.465 e. The minimum atomic E-state index is -0.0884. The van der Waals surface area contributed by atoms with Crippen molar-refractivity contribution < 1.29 is 9.53 Å². The summed E-state index contributed by atoms with van der Waals surface area (Å²) in [4.78, 5) is 11.7. The summed E-state index contributed by atoms with van der Waals surface area (Å²) in [5.74, 6) is 0.422. The molecule has 0 bridgehead atoms. The van der Waals surface area contributed by atoms with Gasteiger partial charge in [0, 0.05) is 0 Å². The number of ether oxygens (including phenoxy) is 1. The van der Waals surface area contributed by atoms with E-state index in [0.717, 1.165) is 12.8 Å². The van der Waals surface area contributed by atoms with Gasteiger partial charge in [-0.15, -0.1) is 0 Å². The summed E-state index contributed by atoms with van der Waals surface area (Å²) in [5.41, 5.74) is 1.18. The first kappa shape index (κ1) is 13.8. The highest BCUT2D eigenvalue weighted by molar-refractivity contribution is 5.72. The molecule has 0 saturated carbocycles. The second kappa shape index (κ2) is 7.10. The highest BCUT2D eigenvalue weighted by Crippen LogP contribution is 2.10. The van der Waals surface area contributed by atoms with Gasteiger partial charge in [0.1, 0.15) is 0 Å². The van der Waals surface area contributed by atoms with Crippen LogP contribution in [0, 0.1) is 11.8 Å². The second-order valence-corrected chi connectivity index (χ2v) is 4.94. The Bertz CT molecular complexity index is 330. The Morgan fingerprint density at radius 2 is 1.82 bits per heavy atom. The number of esters is 1. The van der Waals surface area contributed by atoms with E-state index in [1.165, 1.54) is 5.56 Å². The van der Waals surface area contributed by atoms with Gasteiger partial charge in [-0.1, -0.05) is 51.1 Å². The van der Waals surface area contributed by atoms with Gasteiger partial charge in [0.2, 0.25) is 0 Å². The van der Waals surface area contributed by atoms with Crippen LogP contribution in [-0.4, -0.2) is 12.6 Å². The first-order chi connectivity index (χ1) is 8.09. The molecule has 0 aliphatic carbocycles. The fraction of sp³-hybridized carbons (Fsp3) is 0.533. The molecule has 0 N–H and O–H groups in total. The zero-order chi connectivity index (χ0) is 12.7. The van der Waals surface area contributed by atoms with Gasteiger partial charge in [0.25, 0.3) is 0 Å². The molecule has 0 aromatic heterocycles. The first-order valence-corrected chi connectivity index (χ1v) is 6.30. The number of hydrogen-bond donors (Lipinski definition) is 0. The predicted octanol–water partition coefficient (Wildman–Crippen LogP) is 3.45. The third-order valence-corrected chi connectivity index (χ3v) is 2.73. The van der Waals surface area contributed by atoms with Gasteiger partial charge >= 0.3 is 5.97 Å². The standard InChI is InChI=1S/C15H22O2/c1-12(2)9-10-17-15(16)13(3)11-14-7-5-4-6-8-14/h4-8,12-13H,9-11H2,1-3H3.